The first-order valence-corrected chi connectivity index (χ1v) is 12.3. The van der Waals surface area contributed by atoms with E-state index in [1.54, 1.807) is 24.3 Å². The summed E-state index contributed by atoms with van der Waals surface area (Å²) in [6.45, 7) is 2.83. The van der Waals surface area contributed by atoms with Gasteiger partial charge < -0.3 is 10.1 Å². The molecule has 0 saturated heterocycles. The van der Waals surface area contributed by atoms with Crippen LogP contribution >= 0.6 is 0 Å². The second-order valence-corrected chi connectivity index (χ2v) is 8.27. The Bertz CT molecular complexity index is 544. The van der Waals surface area contributed by atoms with Crippen molar-refractivity contribution in [3.8, 4) is 0 Å². The molecule has 0 aliphatic heterocycles. The Labute approximate surface area is 184 Å². The van der Waals surface area contributed by atoms with Crippen molar-refractivity contribution in [2.24, 2.45) is 0 Å². The lowest BCUT2D eigenvalue weighted by Crippen LogP contribution is -2.27. The first kappa shape index (κ1) is 26.2. The molecule has 0 aliphatic carbocycles. The third kappa shape index (κ3) is 15.1. The molecule has 0 atom stereocenters. The molecule has 1 aromatic rings. The Morgan fingerprint density at radius 1 is 0.667 bits per heavy atom. The van der Waals surface area contributed by atoms with Gasteiger partial charge in [-0.15, -0.1) is 0 Å². The highest BCUT2D eigenvalue weighted by Gasteiger charge is 2.11. The Kier molecular flexibility index (Phi) is 16.7. The summed E-state index contributed by atoms with van der Waals surface area (Å²) in [6.07, 6.45) is 20.5. The van der Waals surface area contributed by atoms with Gasteiger partial charge in [0.15, 0.2) is 0 Å². The Morgan fingerprint density at radius 2 is 1.10 bits per heavy atom. The van der Waals surface area contributed by atoms with E-state index in [1.165, 1.54) is 89.9 Å². The highest BCUT2D eigenvalue weighted by molar-refractivity contribution is 5.96. The predicted octanol–water partition coefficient (Wildman–Crippen LogP) is 7.81. The van der Waals surface area contributed by atoms with Gasteiger partial charge in [0.2, 0.25) is 0 Å². The number of unbranched alkanes of at least 4 members (excludes halogenated alkanes) is 15. The van der Waals surface area contributed by atoms with Crippen molar-refractivity contribution in [2.75, 3.05) is 6.54 Å². The molecule has 4 nitrogen and oxygen atoms in total. The van der Waals surface area contributed by atoms with E-state index in [9.17, 15) is 9.59 Å². The second kappa shape index (κ2) is 19.1. The van der Waals surface area contributed by atoms with Crippen LogP contribution in [0.5, 0.6) is 0 Å². The maximum Gasteiger partial charge on any atom is 0.415 e. The average Bonchev–Trinajstić information content (AvgIpc) is 2.76. The molecule has 30 heavy (non-hydrogen) atoms. The monoisotopic (exact) mass is 417 g/mol. The van der Waals surface area contributed by atoms with E-state index in [4.69, 9.17) is 4.74 Å². The third-order valence-electron chi connectivity index (χ3n) is 5.49. The van der Waals surface area contributed by atoms with Crippen molar-refractivity contribution in [1.29, 1.82) is 0 Å². The number of alkyl carbamates (subject to hydrolysis) is 1. The maximum atomic E-state index is 11.8. The smallest absolute Gasteiger partial charge is 0.373 e. The molecule has 1 aromatic carbocycles. The van der Waals surface area contributed by atoms with Gasteiger partial charge in [-0.2, -0.15) is 0 Å². The van der Waals surface area contributed by atoms with Gasteiger partial charge in [0.1, 0.15) is 0 Å². The van der Waals surface area contributed by atoms with E-state index < -0.39 is 12.1 Å². The molecule has 0 saturated carbocycles. The van der Waals surface area contributed by atoms with Crippen LogP contribution in [0, 0.1) is 0 Å². The number of rotatable bonds is 18. The van der Waals surface area contributed by atoms with Gasteiger partial charge in [-0.3, -0.25) is 0 Å². The Morgan fingerprint density at radius 3 is 1.57 bits per heavy atom. The number of hydrogen-bond acceptors (Lipinski definition) is 3. The number of nitrogens with one attached hydrogen (secondary N) is 1. The molecule has 0 spiro atoms. The number of hydrogen-bond donors (Lipinski definition) is 1. The summed E-state index contributed by atoms with van der Waals surface area (Å²) >= 11 is 0. The molecule has 0 aromatic heterocycles. The topological polar surface area (TPSA) is 55.4 Å². The summed E-state index contributed by atoms with van der Waals surface area (Å²) in [5, 5.41) is 2.65. The fourth-order valence-corrected chi connectivity index (χ4v) is 3.62. The second-order valence-electron chi connectivity index (χ2n) is 8.27. The minimum Gasteiger partial charge on any atom is -0.373 e. The highest BCUT2D eigenvalue weighted by Crippen LogP contribution is 2.13. The lowest BCUT2D eigenvalue weighted by Gasteiger charge is -2.06. The number of benzene rings is 1. The van der Waals surface area contributed by atoms with E-state index in [2.05, 4.69) is 12.2 Å². The van der Waals surface area contributed by atoms with Gasteiger partial charge in [-0.25, -0.2) is 9.59 Å². The SMILES string of the molecule is CCCCCCCCCCCCCCCCCCNC(=O)OC(=O)c1ccccc1. The molecule has 1 rings (SSSR count). The number of carbonyl (C=O) groups is 2. The van der Waals surface area contributed by atoms with E-state index in [1.807, 2.05) is 6.07 Å². The normalized spacial score (nSPS) is 10.7. The van der Waals surface area contributed by atoms with Crippen molar-refractivity contribution in [2.45, 2.75) is 110 Å². The maximum absolute atomic E-state index is 11.8. The molecule has 170 valence electrons. The first-order valence-electron chi connectivity index (χ1n) is 12.3. The van der Waals surface area contributed by atoms with Crippen LogP contribution in [0.2, 0.25) is 0 Å². The summed E-state index contributed by atoms with van der Waals surface area (Å²) in [6, 6.07) is 8.56. The van der Waals surface area contributed by atoms with Crippen LogP contribution in [0.15, 0.2) is 30.3 Å². The molecular weight excluding hydrogens is 374 g/mol. The van der Waals surface area contributed by atoms with Crippen molar-refractivity contribution in [3.05, 3.63) is 35.9 Å². The summed E-state index contributed by atoms with van der Waals surface area (Å²) in [7, 11) is 0. The van der Waals surface area contributed by atoms with E-state index in [-0.39, 0.29) is 0 Å². The molecule has 1 N–H and O–H groups in total. The quantitative estimate of drug-likeness (QED) is 0.150. The molecule has 1 amide bonds. The first-order chi connectivity index (χ1) is 14.7. The third-order valence-corrected chi connectivity index (χ3v) is 5.49. The number of amides is 1. The number of esters is 1. The van der Waals surface area contributed by atoms with Gasteiger partial charge in [-0.05, 0) is 18.6 Å². The summed E-state index contributed by atoms with van der Waals surface area (Å²) in [5.41, 5.74) is 0.384. The molecule has 0 heterocycles. The summed E-state index contributed by atoms with van der Waals surface area (Å²) in [5.74, 6) is -0.611. The molecule has 0 aliphatic rings. The van der Waals surface area contributed by atoms with Crippen molar-refractivity contribution >= 4 is 12.1 Å². The van der Waals surface area contributed by atoms with E-state index in [0.29, 0.717) is 12.1 Å². The van der Waals surface area contributed by atoms with E-state index >= 15 is 0 Å². The minimum atomic E-state index is -0.662. The molecule has 0 fully saturated rings. The van der Waals surface area contributed by atoms with Gasteiger partial charge in [0, 0.05) is 6.54 Å². The van der Waals surface area contributed by atoms with Crippen molar-refractivity contribution < 1.29 is 14.3 Å². The van der Waals surface area contributed by atoms with Gasteiger partial charge >= 0.3 is 12.1 Å². The lowest BCUT2D eigenvalue weighted by atomic mass is 10.0. The summed E-state index contributed by atoms with van der Waals surface area (Å²) < 4.78 is 4.78. The molecule has 0 unspecified atom stereocenters. The Balaban J connectivity index is 1.80. The number of carbonyl (C=O) groups excluding carboxylic acids is 2. The zero-order valence-corrected chi connectivity index (χ0v) is 19.1. The lowest BCUT2D eigenvalue weighted by molar-refractivity contribution is 0.0622. The zero-order valence-electron chi connectivity index (χ0n) is 19.1. The number of ether oxygens (including phenoxy) is 1. The fraction of sp³-hybridized carbons (Fsp3) is 0.692. The van der Waals surface area contributed by atoms with Crippen LogP contribution in [-0.4, -0.2) is 18.6 Å². The standard InChI is InChI=1S/C26H43NO3/c1-2-3-4-5-6-7-8-9-10-11-12-13-14-15-16-20-23-27-26(29)30-25(28)24-21-18-17-19-22-24/h17-19,21-22H,2-16,20,23H2,1H3,(H,27,29). The van der Waals surface area contributed by atoms with Crippen LogP contribution in [0.4, 0.5) is 4.79 Å². The van der Waals surface area contributed by atoms with Crippen molar-refractivity contribution in [3.63, 3.8) is 0 Å². The molecule has 0 bridgehead atoms. The molecular formula is C26H43NO3. The Hall–Kier alpha value is -1.84. The van der Waals surface area contributed by atoms with E-state index in [0.717, 1.165) is 12.8 Å². The predicted molar refractivity (Wildman–Crippen MR) is 125 cm³/mol. The van der Waals surface area contributed by atoms with Gasteiger partial charge in [-0.1, -0.05) is 121 Å². The minimum absolute atomic E-state index is 0.384. The van der Waals surface area contributed by atoms with Crippen LogP contribution in [-0.2, 0) is 4.74 Å². The van der Waals surface area contributed by atoms with Gasteiger partial charge in [0.05, 0.1) is 5.56 Å². The zero-order chi connectivity index (χ0) is 21.7. The highest BCUT2D eigenvalue weighted by atomic mass is 16.6. The van der Waals surface area contributed by atoms with Crippen LogP contribution < -0.4 is 5.32 Å². The largest absolute Gasteiger partial charge is 0.415 e. The van der Waals surface area contributed by atoms with Crippen LogP contribution in [0.1, 0.15) is 120 Å². The molecule has 4 heteroatoms. The van der Waals surface area contributed by atoms with Crippen molar-refractivity contribution in [1.82, 2.24) is 5.32 Å². The van der Waals surface area contributed by atoms with Crippen LogP contribution in [0.25, 0.3) is 0 Å². The fourth-order valence-electron chi connectivity index (χ4n) is 3.62. The van der Waals surface area contributed by atoms with Crippen LogP contribution in [0.3, 0.4) is 0 Å². The average molecular weight is 418 g/mol. The summed E-state index contributed by atoms with van der Waals surface area (Å²) in [4.78, 5) is 23.4. The molecule has 0 radical (unpaired) electrons. The van der Waals surface area contributed by atoms with Gasteiger partial charge in [0.25, 0.3) is 0 Å².